The molecule has 168 valence electrons. The van der Waals surface area contributed by atoms with Crippen molar-refractivity contribution in [3.05, 3.63) is 71.9 Å². The summed E-state index contributed by atoms with van der Waals surface area (Å²) < 4.78 is 5.55. The maximum absolute atomic E-state index is 5.55. The summed E-state index contributed by atoms with van der Waals surface area (Å²) in [6.07, 6.45) is 6.90. The molecule has 2 aliphatic rings. The van der Waals surface area contributed by atoms with Crippen LogP contribution in [0.5, 0.6) is 5.75 Å². The number of nitrogens with one attached hydrogen (secondary N) is 1. The molecule has 0 aliphatic carbocycles. The number of rotatable bonds is 7. The minimum atomic E-state index is 0.976. The van der Waals surface area contributed by atoms with Crippen LogP contribution in [0.2, 0.25) is 0 Å². The number of H-pyrrole nitrogens is 1. The number of piperazine rings is 1. The highest BCUT2D eigenvalue weighted by Gasteiger charge is 2.20. The van der Waals surface area contributed by atoms with Gasteiger partial charge in [0.25, 0.3) is 0 Å². The van der Waals surface area contributed by atoms with Gasteiger partial charge in [0.05, 0.1) is 12.8 Å². The van der Waals surface area contributed by atoms with E-state index in [-0.39, 0.29) is 0 Å². The van der Waals surface area contributed by atoms with Gasteiger partial charge < -0.3 is 14.6 Å². The first-order valence-corrected chi connectivity index (χ1v) is 11.9. The highest BCUT2D eigenvalue weighted by molar-refractivity contribution is 5.83. The van der Waals surface area contributed by atoms with E-state index in [1.807, 2.05) is 6.07 Å². The van der Waals surface area contributed by atoms with E-state index in [0.29, 0.717) is 0 Å². The predicted octanol–water partition coefficient (Wildman–Crippen LogP) is 4.17. The van der Waals surface area contributed by atoms with Crippen molar-refractivity contribution in [2.75, 3.05) is 64.4 Å². The van der Waals surface area contributed by atoms with E-state index in [1.54, 1.807) is 12.7 Å². The lowest BCUT2D eigenvalue weighted by atomic mass is 9.99. The molecule has 5 heteroatoms. The number of aromatic nitrogens is 1. The van der Waals surface area contributed by atoms with E-state index in [1.165, 1.54) is 35.1 Å². The van der Waals surface area contributed by atoms with Crippen molar-refractivity contribution in [1.29, 1.82) is 0 Å². The molecule has 2 aliphatic heterocycles. The zero-order chi connectivity index (χ0) is 21.8. The fourth-order valence-corrected chi connectivity index (χ4v) is 5.03. The van der Waals surface area contributed by atoms with Crippen molar-refractivity contribution in [3.63, 3.8) is 0 Å². The van der Waals surface area contributed by atoms with E-state index < -0.39 is 0 Å². The Labute approximate surface area is 191 Å². The van der Waals surface area contributed by atoms with Crippen LogP contribution in [0, 0.1) is 0 Å². The van der Waals surface area contributed by atoms with Crippen LogP contribution >= 0.6 is 0 Å². The lowest BCUT2D eigenvalue weighted by molar-refractivity contribution is 0.203. The molecule has 5 rings (SSSR count). The van der Waals surface area contributed by atoms with Gasteiger partial charge in [0, 0.05) is 69.5 Å². The number of fused-ring (bicyclic) bond motifs is 1. The normalized spacial score (nSPS) is 18.2. The van der Waals surface area contributed by atoms with Crippen LogP contribution in [-0.2, 0) is 6.42 Å². The van der Waals surface area contributed by atoms with Gasteiger partial charge in [0.1, 0.15) is 5.75 Å². The Balaban J connectivity index is 1.08. The first-order valence-electron chi connectivity index (χ1n) is 11.9. The molecule has 1 saturated heterocycles. The van der Waals surface area contributed by atoms with Crippen molar-refractivity contribution in [2.45, 2.75) is 12.8 Å². The first-order chi connectivity index (χ1) is 15.8. The summed E-state index contributed by atoms with van der Waals surface area (Å²) in [5.41, 5.74) is 5.47. The fraction of sp³-hybridized carbons (Fsp3) is 0.407. The average Bonchev–Trinajstić information content (AvgIpc) is 3.27. The standard InChI is InChI=1S/C27H34N4O/c1-32-27-9-5-4-8-26(27)31-18-16-30(17-19-31)15-14-29-12-10-22(11-13-29)20-23-21-28-25-7-3-2-6-24(23)25/h2-10,21,28H,11-20H2,1H3. The number of methoxy groups -OCH3 is 1. The fourth-order valence-electron chi connectivity index (χ4n) is 5.03. The number of hydrogen-bond donors (Lipinski definition) is 1. The summed E-state index contributed by atoms with van der Waals surface area (Å²) in [7, 11) is 1.76. The third-order valence-corrected chi connectivity index (χ3v) is 7.01. The smallest absolute Gasteiger partial charge is 0.142 e. The first kappa shape index (κ1) is 21.1. The van der Waals surface area contributed by atoms with Crippen molar-refractivity contribution >= 4 is 16.6 Å². The summed E-state index contributed by atoms with van der Waals surface area (Å²) in [4.78, 5) is 11.1. The third-order valence-electron chi connectivity index (χ3n) is 7.01. The number of ether oxygens (including phenoxy) is 1. The molecular formula is C27H34N4O. The molecular weight excluding hydrogens is 396 g/mol. The molecule has 0 atom stereocenters. The minimum Gasteiger partial charge on any atom is -0.495 e. The number of hydrogen-bond acceptors (Lipinski definition) is 4. The SMILES string of the molecule is COc1ccccc1N1CCN(CCN2CC=C(Cc3c[nH]c4ccccc34)CC2)CC1. The van der Waals surface area contributed by atoms with E-state index in [9.17, 15) is 0 Å². The summed E-state index contributed by atoms with van der Waals surface area (Å²) >= 11 is 0. The average molecular weight is 431 g/mol. The molecule has 0 amide bonds. The molecule has 0 saturated carbocycles. The van der Waals surface area contributed by atoms with Crippen molar-refractivity contribution in [3.8, 4) is 5.75 Å². The maximum atomic E-state index is 5.55. The maximum Gasteiger partial charge on any atom is 0.142 e. The summed E-state index contributed by atoms with van der Waals surface area (Å²) in [5, 5.41) is 1.36. The number of anilines is 1. The Morgan fingerprint density at radius 1 is 0.875 bits per heavy atom. The molecule has 0 radical (unpaired) electrons. The lowest BCUT2D eigenvalue weighted by Crippen LogP contribution is -2.48. The second-order valence-corrected chi connectivity index (χ2v) is 8.95. The van der Waals surface area contributed by atoms with Crippen LogP contribution in [0.4, 0.5) is 5.69 Å². The molecule has 5 nitrogen and oxygen atoms in total. The zero-order valence-electron chi connectivity index (χ0n) is 19.1. The van der Waals surface area contributed by atoms with Gasteiger partial charge in [-0.3, -0.25) is 9.80 Å². The van der Waals surface area contributed by atoms with Gasteiger partial charge in [-0.25, -0.2) is 0 Å². The molecule has 0 bridgehead atoms. The van der Waals surface area contributed by atoms with Gasteiger partial charge in [-0.05, 0) is 36.6 Å². The van der Waals surface area contributed by atoms with Crippen LogP contribution in [0.15, 0.2) is 66.4 Å². The number of benzene rings is 2. The molecule has 0 unspecified atom stereocenters. The lowest BCUT2D eigenvalue weighted by Gasteiger charge is -2.37. The van der Waals surface area contributed by atoms with E-state index >= 15 is 0 Å². The predicted molar refractivity (Wildman–Crippen MR) is 133 cm³/mol. The second-order valence-electron chi connectivity index (χ2n) is 8.95. The summed E-state index contributed by atoms with van der Waals surface area (Å²) in [6, 6.07) is 17.0. The monoisotopic (exact) mass is 430 g/mol. The zero-order valence-corrected chi connectivity index (χ0v) is 19.1. The largest absolute Gasteiger partial charge is 0.495 e. The molecule has 1 N–H and O–H groups in total. The molecule has 2 aromatic carbocycles. The Kier molecular flexibility index (Phi) is 6.46. The molecule has 1 aromatic heterocycles. The second kappa shape index (κ2) is 9.80. The topological polar surface area (TPSA) is 34.7 Å². The van der Waals surface area contributed by atoms with Gasteiger partial charge in [0.2, 0.25) is 0 Å². The van der Waals surface area contributed by atoms with Crippen molar-refractivity contribution in [2.24, 2.45) is 0 Å². The Bertz CT molecular complexity index is 1060. The quantitative estimate of drug-likeness (QED) is 0.571. The highest BCUT2D eigenvalue weighted by atomic mass is 16.5. The van der Waals surface area contributed by atoms with Crippen LogP contribution < -0.4 is 9.64 Å². The Morgan fingerprint density at radius 2 is 1.66 bits per heavy atom. The van der Waals surface area contributed by atoms with E-state index in [4.69, 9.17) is 4.74 Å². The van der Waals surface area contributed by atoms with Gasteiger partial charge in [0.15, 0.2) is 0 Å². The Morgan fingerprint density at radius 3 is 2.47 bits per heavy atom. The van der Waals surface area contributed by atoms with Crippen LogP contribution in [-0.4, -0.2) is 74.3 Å². The number of para-hydroxylation sites is 3. The minimum absolute atomic E-state index is 0.976. The molecule has 3 aromatic rings. The summed E-state index contributed by atoms with van der Waals surface area (Å²) in [6.45, 7) is 8.94. The van der Waals surface area contributed by atoms with Gasteiger partial charge in [-0.2, -0.15) is 0 Å². The van der Waals surface area contributed by atoms with Gasteiger partial charge in [-0.1, -0.05) is 42.0 Å². The Hall–Kier alpha value is -2.76. The van der Waals surface area contributed by atoms with E-state index in [0.717, 1.165) is 58.0 Å². The molecule has 1 fully saturated rings. The van der Waals surface area contributed by atoms with Gasteiger partial charge in [-0.15, -0.1) is 0 Å². The van der Waals surface area contributed by atoms with Crippen LogP contribution in [0.3, 0.4) is 0 Å². The van der Waals surface area contributed by atoms with Crippen molar-refractivity contribution < 1.29 is 4.74 Å². The molecule has 3 heterocycles. The highest BCUT2D eigenvalue weighted by Crippen LogP contribution is 2.28. The van der Waals surface area contributed by atoms with E-state index in [2.05, 4.69) is 74.4 Å². The molecule has 0 spiro atoms. The van der Waals surface area contributed by atoms with Crippen molar-refractivity contribution in [1.82, 2.24) is 14.8 Å². The van der Waals surface area contributed by atoms with Crippen LogP contribution in [0.25, 0.3) is 10.9 Å². The number of nitrogens with zero attached hydrogens (tertiary/aromatic N) is 3. The third kappa shape index (κ3) is 4.69. The van der Waals surface area contributed by atoms with Gasteiger partial charge >= 0.3 is 0 Å². The number of aromatic amines is 1. The van der Waals surface area contributed by atoms with Crippen LogP contribution in [0.1, 0.15) is 12.0 Å². The summed E-state index contributed by atoms with van der Waals surface area (Å²) in [5.74, 6) is 0.976. The molecule has 32 heavy (non-hydrogen) atoms.